The third kappa shape index (κ3) is 5.57. The molecular formula is C30H31N3O6. The molecule has 0 saturated carbocycles. The lowest BCUT2D eigenvalue weighted by molar-refractivity contribution is -0.384. The van der Waals surface area contributed by atoms with Crippen molar-refractivity contribution in [1.82, 2.24) is 9.80 Å². The van der Waals surface area contributed by atoms with Crippen LogP contribution >= 0.6 is 0 Å². The number of nitro groups is 1. The van der Waals surface area contributed by atoms with Gasteiger partial charge in [-0.05, 0) is 61.9 Å². The first-order chi connectivity index (χ1) is 18.9. The van der Waals surface area contributed by atoms with Crippen molar-refractivity contribution in [2.75, 3.05) is 32.8 Å². The molecule has 2 amide bonds. The molecule has 3 heterocycles. The monoisotopic (exact) mass is 529 g/mol. The van der Waals surface area contributed by atoms with Crippen LogP contribution in [0.25, 0.3) is 17.4 Å². The number of benzene rings is 2. The summed E-state index contributed by atoms with van der Waals surface area (Å²) in [6.07, 6.45) is 5.92. The van der Waals surface area contributed by atoms with Crippen molar-refractivity contribution < 1.29 is 23.7 Å². The summed E-state index contributed by atoms with van der Waals surface area (Å²) in [6.45, 7) is 4.98. The highest BCUT2D eigenvalue weighted by Gasteiger charge is 2.43. The number of hydrogen-bond donors (Lipinski definition) is 0. The lowest BCUT2D eigenvalue weighted by Gasteiger charge is -2.38. The van der Waals surface area contributed by atoms with Crippen LogP contribution in [0.1, 0.15) is 42.3 Å². The van der Waals surface area contributed by atoms with Gasteiger partial charge in [-0.3, -0.25) is 19.7 Å². The number of nitro benzene ring substituents is 1. The second-order valence-corrected chi connectivity index (χ2v) is 10.0. The molecule has 0 radical (unpaired) electrons. The third-order valence-corrected chi connectivity index (χ3v) is 7.67. The van der Waals surface area contributed by atoms with Gasteiger partial charge in [-0.2, -0.15) is 0 Å². The predicted molar refractivity (Wildman–Crippen MR) is 146 cm³/mol. The average Bonchev–Trinajstić information content (AvgIpc) is 3.61. The van der Waals surface area contributed by atoms with Gasteiger partial charge in [-0.25, -0.2) is 0 Å². The van der Waals surface area contributed by atoms with Gasteiger partial charge in [0.1, 0.15) is 11.5 Å². The fourth-order valence-corrected chi connectivity index (χ4v) is 5.48. The van der Waals surface area contributed by atoms with Crippen molar-refractivity contribution in [3.05, 3.63) is 88.2 Å². The van der Waals surface area contributed by atoms with Crippen molar-refractivity contribution in [2.45, 2.75) is 26.2 Å². The Morgan fingerprint density at radius 2 is 1.69 bits per heavy atom. The lowest BCUT2D eigenvalue weighted by Crippen LogP contribution is -2.44. The maximum atomic E-state index is 13.2. The number of para-hydroxylation sites is 2. The Hall–Kier alpha value is -4.40. The van der Waals surface area contributed by atoms with Gasteiger partial charge < -0.3 is 19.0 Å². The Bertz CT molecular complexity index is 1400. The number of ether oxygens (including phenoxy) is 1. The van der Waals surface area contributed by atoms with E-state index in [0.717, 1.165) is 30.6 Å². The summed E-state index contributed by atoms with van der Waals surface area (Å²) in [5.41, 5.74) is 1.12. The molecule has 2 fully saturated rings. The fraction of sp³-hybridized carbons (Fsp3) is 0.333. The van der Waals surface area contributed by atoms with E-state index in [0.29, 0.717) is 44.1 Å². The Labute approximate surface area is 226 Å². The molecule has 3 aromatic rings. The van der Waals surface area contributed by atoms with Crippen LogP contribution in [0, 0.1) is 15.5 Å². The van der Waals surface area contributed by atoms with E-state index >= 15 is 0 Å². The number of carbonyl (C=O) groups is 2. The summed E-state index contributed by atoms with van der Waals surface area (Å²) >= 11 is 0. The zero-order chi connectivity index (χ0) is 27.4. The predicted octanol–water partition coefficient (Wildman–Crippen LogP) is 5.42. The zero-order valence-corrected chi connectivity index (χ0v) is 21.9. The van der Waals surface area contributed by atoms with Crippen LogP contribution < -0.4 is 4.74 Å². The lowest BCUT2D eigenvalue weighted by atomic mass is 9.78. The van der Waals surface area contributed by atoms with Crippen molar-refractivity contribution in [1.29, 1.82) is 0 Å². The molecule has 0 N–H and O–H groups in total. The minimum Gasteiger partial charge on any atom is -0.493 e. The van der Waals surface area contributed by atoms with Crippen LogP contribution in [-0.2, 0) is 4.79 Å². The van der Waals surface area contributed by atoms with Gasteiger partial charge in [0, 0.05) is 43.9 Å². The van der Waals surface area contributed by atoms with Crippen LogP contribution in [0.3, 0.4) is 0 Å². The summed E-state index contributed by atoms with van der Waals surface area (Å²) in [7, 11) is 0. The number of likely N-dealkylation sites (tertiary alicyclic amines) is 2. The highest BCUT2D eigenvalue weighted by Crippen LogP contribution is 2.41. The first-order valence-electron chi connectivity index (χ1n) is 13.2. The Morgan fingerprint density at radius 3 is 2.44 bits per heavy atom. The molecule has 0 bridgehead atoms. The van der Waals surface area contributed by atoms with Gasteiger partial charge in [0.25, 0.3) is 11.6 Å². The molecule has 1 aromatic heterocycles. The topological polar surface area (TPSA) is 106 Å². The van der Waals surface area contributed by atoms with E-state index in [-0.39, 0.29) is 28.7 Å². The summed E-state index contributed by atoms with van der Waals surface area (Å²) in [5.74, 6) is 0.975. The first kappa shape index (κ1) is 26.2. The van der Waals surface area contributed by atoms with Crippen LogP contribution in [0.4, 0.5) is 5.69 Å². The number of piperidine rings is 1. The molecule has 0 atom stereocenters. The molecule has 2 aliphatic rings. The third-order valence-electron chi connectivity index (χ3n) is 7.67. The van der Waals surface area contributed by atoms with Crippen molar-refractivity contribution in [2.24, 2.45) is 5.41 Å². The normalized spacial score (nSPS) is 16.6. The maximum absolute atomic E-state index is 13.2. The molecule has 9 nitrogen and oxygen atoms in total. The Kier molecular flexibility index (Phi) is 7.49. The van der Waals surface area contributed by atoms with Crippen LogP contribution in [0.15, 0.2) is 71.2 Å². The smallest absolute Gasteiger partial charge is 0.289 e. The maximum Gasteiger partial charge on any atom is 0.289 e. The van der Waals surface area contributed by atoms with Crippen LogP contribution in [0.2, 0.25) is 0 Å². The van der Waals surface area contributed by atoms with Gasteiger partial charge in [0.2, 0.25) is 5.91 Å². The minimum atomic E-state index is -0.462. The molecule has 9 heteroatoms. The van der Waals surface area contributed by atoms with E-state index < -0.39 is 4.92 Å². The van der Waals surface area contributed by atoms with Gasteiger partial charge >= 0.3 is 0 Å². The summed E-state index contributed by atoms with van der Waals surface area (Å²) in [6, 6.07) is 17.1. The molecule has 202 valence electrons. The second kappa shape index (κ2) is 11.1. The summed E-state index contributed by atoms with van der Waals surface area (Å²) < 4.78 is 11.4. The number of furan rings is 1. The minimum absolute atomic E-state index is 0.0225. The largest absolute Gasteiger partial charge is 0.493 e. The van der Waals surface area contributed by atoms with E-state index in [2.05, 4.69) is 0 Å². The van der Waals surface area contributed by atoms with Crippen molar-refractivity contribution in [3.63, 3.8) is 0 Å². The SMILES string of the molecule is CCOc1ccccc1C=CC(=O)N1CCC2(CC1)CCN(C(=O)c1ccc(-c3ccccc3[N+](=O)[O-])o1)C2. The number of carbonyl (C=O) groups excluding carboxylic acids is 2. The van der Waals surface area contributed by atoms with E-state index in [1.807, 2.05) is 36.1 Å². The highest BCUT2D eigenvalue weighted by atomic mass is 16.6. The summed E-state index contributed by atoms with van der Waals surface area (Å²) in [5, 5.41) is 11.4. The summed E-state index contributed by atoms with van der Waals surface area (Å²) in [4.78, 5) is 40.7. The Morgan fingerprint density at radius 1 is 1.00 bits per heavy atom. The quantitative estimate of drug-likeness (QED) is 0.230. The molecule has 1 spiro atoms. The highest BCUT2D eigenvalue weighted by molar-refractivity contribution is 5.93. The van der Waals surface area contributed by atoms with E-state index in [1.165, 1.54) is 6.07 Å². The average molecular weight is 530 g/mol. The second-order valence-electron chi connectivity index (χ2n) is 10.0. The van der Waals surface area contributed by atoms with Crippen molar-refractivity contribution in [3.8, 4) is 17.1 Å². The molecule has 2 aliphatic heterocycles. The molecule has 0 unspecified atom stereocenters. The van der Waals surface area contributed by atoms with Gasteiger partial charge in [0.05, 0.1) is 17.1 Å². The zero-order valence-electron chi connectivity index (χ0n) is 21.9. The molecular weight excluding hydrogens is 498 g/mol. The molecule has 2 aromatic carbocycles. The van der Waals surface area contributed by atoms with Crippen molar-refractivity contribution >= 4 is 23.6 Å². The molecule has 0 aliphatic carbocycles. The molecule has 5 rings (SSSR count). The number of rotatable bonds is 7. The van der Waals surface area contributed by atoms with E-state index in [9.17, 15) is 19.7 Å². The van der Waals surface area contributed by atoms with E-state index in [1.54, 1.807) is 47.4 Å². The van der Waals surface area contributed by atoms with E-state index in [4.69, 9.17) is 9.15 Å². The standard InChI is InChI=1S/C30H31N3O6/c1-2-38-25-10-6-3-7-22(25)11-14-28(34)31-18-15-30(16-19-31)17-20-32(21-30)29(35)27-13-12-26(39-27)23-8-4-5-9-24(23)33(36)37/h3-14H,2,15-21H2,1H3. The number of amides is 2. The first-order valence-corrected chi connectivity index (χ1v) is 13.2. The molecule has 2 saturated heterocycles. The van der Waals surface area contributed by atoms with Gasteiger partial charge in [-0.15, -0.1) is 0 Å². The number of nitrogens with zero attached hydrogens (tertiary/aromatic N) is 3. The number of hydrogen-bond acceptors (Lipinski definition) is 6. The van der Waals surface area contributed by atoms with Gasteiger partial charge in [-0.1, -0.05) is 30.3 Å². The van der Waals surface area contributed by atoms with Crippen LogP contribution in [0.5, 0.6) is 5.75 Å². The molecule has 39 heavy (non-hydrogen) atoms. The van der Waals surface area contributed by atoms with Gasteiger partial charge in [0.15, 0.2) is 5.76 Å². The fourth-order valence-electron chi connectivity index (χ4n) is 5.48. The van der Waals surface area contributed by atoms with Crippen LogP contribution in [-0.4, -0.2) is 59.3 Å². The Balaban J connectivity index is 1.18.